The second-order valence-corrected chi connectivity index (χ2v) is 4.75. The van der Waals surface area contributed by atoms with Gasteiger partial charge in [-0.1, -0.05) is 6.92 Å². The first kappa shape index (κ1) is 12.9. The zero-order chi connectivity index (χ0) is 12.8. The van der Waals surface area contributed by atoms with Crippen LogP contribution >= 0.6 is 0 Å². The zero-order valence-corrected chi connectivity index (χ0v) is 11.0. The van der Waals surface area contributed by atoms with Crippen LogP contribution < -0.4 is 10.2 Å². The minimum Gasteiger partial charge on any atom is -0.370 e. The Labute approximate surface area is 108 Å². The molecule has 98 valence electrons. The Balaban J connectivity index is 1.94. The first-order valence-electron chi connectivity index (χ1n) is 6.80. The highest BCUT2D eigenvalue weighted by molar-refractivity contribution is 5.89. The third kappa shape index (κ3) is 3.45. The quantitative estimate of drug-likeness (QED) is 0.889. The lowest BCUT2D eigenvalue weighted by atomic mass is 10.1. The molecule has 2 heterocycles. The van der Waals surface area contributed by atoms with Crippen LogP contribution in [0.15, 0.2) is 18.3 Å². The average molecular weight is 247 g/mol. The van der Waals surface area contributed by atoms with Crippen molar-refractivity contribution in [2.45, 2.75) is 39.0 Å². The zero-order valence-electron chi connectivity index (χ0n) is 11.0. The van der Waals surface area contributed by atoms with Crippen LogP contribution in [0.4, 0.5) is 11.5 Å². The van der Waals surface area contributed by atoms with Gasteiger partial charge in [-0.3, -0.25) is 4.79 Å². The van der Waals surface area contributed by atoms with Crippen LogP contribution in [0.2, 0.25) is 0 Å². The van der Waals surface area contributed by atoms with Gasteiger partial charge in [0.1, 0.15) is 5.82 Å². The monoisotopic (exact) mass is 247 g/mol. The van der Waals surface area contributed by atoms with E-state index in [2.05, 4.69) is 15.2 Å². The van der Waals surface area contributed by atoms with E-state index < -0.39 is 0 Å². The van der Waals surface area contributed by atoms with Crippen molar-refractivity contribution in [2.75, 3.05) is 23.3 Å². The van der Waals surface area contributed by atoms with Gasteiger partial charge in [-0.05, 0) is 37.8 Å². The molecule has 0 aromatic carbocycles. The van der Waals surface area contributed by atoms with Gasteiger partial charge in [-0.25, -0.2) is 4.98 Å². The number of amides is 1. The number of carbonyl (C=O) groups excluding carboxylic acids is 1. The van der Waals surface area contributed by atoms with Crippen LogP contribution in [0.25, 0.3) is 0 Å². The predicted octanol–water partition coefficient (Wildman–Crippen LogP) is 2.81. The number of aromatic nitrogens is 1. The summed E-state index contributed by atoms with van der Waals surface area (Å²) in [7, 11) is 0. The summed E-state index contributed by atoms with van der Waals surface area (Å²) in [6.07, 6.45) is 7.11. The molecule has 0 spiro atoms. The fourth-order valence-corrected chi connectivity index (χ4v) is 2.23. The number of nitrogens with one attached hydrogen (secondary N) is 1. The van der Waals surface area contributed by atoms with Crippen molar-refractivity contribution < 1.29 is 4.79 Å². The molecule has 0 unspecified atom stereocenters. The number of hydrogen-bond acceptors (Lipinski definition) is 3. The third-order valence-electron chi connectivity index (χ3n) is 3.21. The lowest BCUT2D eigenvalue weighted by molar-refractivity contribution is -0.116. The Morgan fingerprint density at radius 3 is 2.72 bits per heavy atom. The van der Waals surface area contributed by atoms with Crippen molar-refractivity contribution in [3.63, 3.8) is 0 Å². The minimum atomic E-state index is 0.0377. The fraction of sp³-hybridized carbons (Fsp3) is 0.571. The van der Waals surface area contributed by atoms with Gasteiger partial charge in [-0.2, -0.15) is 0 Å². The number of anilines is 2. The largest absolute Gasteiger partial charge is 0.370 e. The molecule has 1 amide bonds. The highest BCUT2D eigenvalue weighted by Crippen LogP contribution is 2.19. The summed E-state index contributed by atoms with van der Waals surface area (Å²) in [6, 6.07) is 3.93. The Morgan fingerprint density at radius 2 is 2.11 bits per heavy atom. The van der Waals surface area contributed by atoms with Crippen molar-refractivity contribution in [3.8, 4) is 0 Å². The van der Waals surface area contributed by atoms with Gasteiger partial charge in [0.05, 0.1) is 11.9 Å². The molecular weight excluding hydrogens is 226 g/mol. The Bertz CT molecular complexity index is 383. The molecule has 1 aromatic heterocycles. The Hall–Kier alpha value is -1.58. The first-order chi connectivity index (χ1) is 8.79. The fourth-order valence-electron chi connectivity index (χ4n) is 2.23. The van der Waals surface area contributed by atoms with E-state index in [1.165, 1.54) is 19.3 Å². The molecule has 4 heteroatoms. The standard InChI is InChI=1S/C14H21N3O/c1-2-6-14(18)16-13-8-7-12(11-15-13)17-9-4-3-5-10-17/h7-8,11H,2-6,9-10H2,1H3,(H,15,16,18). The second-order valence-electron chi connectivity index (χ2n) is 4.75. The van der Waals surface area contributed by atoms with Gasteiger partial charge in [-0.15, -0.1) is 0 Å². The van der Waals surface area contributed by atoms with E-state index >= 15 is 0 Å². The van der Waals surface area contributed by atoms with Gasteiger partial charge in [0.2, 0.25) is 5.91 Å². The lowest BCUT2D eigenvalue weighted by Crippen LogP contribution is -2.29. The molecule has 1 fully saturated rings. The second kappa shape index (κ2) is 6.38. The molecule has 4 nitrogen and oxygen atoms in total. The molecule has 2 rings (SSSR count). The average Bonchev–Trinajstić information content (AvgIpc) is 2.41. The van der Waals surface area contributed by atoms with E-state index in [0.29, 0.717) is 12.2 Å². The minimum absolute atomic E-state index is 0.0377. The smallest absolute Gasteiger partial charge is 0.225 e. The molecule has 18 heavy (non-hydrogen) atoms. The van der Waals surface area contributed by atoms with Crippen molar-refractivity contribution >= 4 is 17.4 Å². The summed E-state index contributed by atoms with van der Waals surface area (Å²) in [5.74, 6) is 0.685. The lowest BCUT2D eigenvalue weighted by Gasteiger charge is -2.28. The molecule has 0 aliphatic carbocycles. The van der Waals surface area contributed by atoms with Crippen LogP contribution in [-0.4, -0.2) is 24.0 Å². The molecule has 1 aromatic rings. The van der Waals surface area contributed by atoms with E-state index in [-0.39, 0.29) is 5.91 Å². The van der Waals surface area contributed by atoms with E-state index in [0.717, 1.165) is 25.2 Å². The first-order valence-corrected chi connectivity index (χ1v) is 6.80. The molecule has 1 aliphatic rings. The molecule has 0 saturated carbocycles. The highest BCUT2D eigenvalue weighted by Gasteiger charge is 2.11. The number of pyridine rings is 1. The summed E-state index contributed by atoms with van der Waals surface area (Å²) in [6.45, 7) is 4.22. The summed E-state index contributed by atoms with van der Waals surface area (Å²) < 4.78 is 0. The number of carbonyl (C=O) groups is 1. The van der Waals surface area contributed by atoms with Crippen LogP contribution in [0, 0.1) is 0 Å². The topological polar surface area (TPSA) is 45.2 Å². The molecular formula is C14H21N3O. The Kier molecular flexibility index (Phi) is 4.56. The summed E-state index contributed by atoms with van der Waals surface area (Å²) >= 11 is 0. The van der Waals surface area contributed by atoms with E-state index in [1.54, 1.807) is 0 Å². The summed E-state index contributed by atoms with van der Waals surface area (Å²) in [4.78, 5) is 18.1. The van der Waals surface area contributed by atoms with E-state index in [4.69, 9.17) is 0 Å². The Morgan fingerprint density at radius 1 is 1.33 bits per heavy atom. The van der Waals surface area contributed by atoms with Gasteiger partial charge in [0.25, 0.3) is 0 Å². The van der Waals surface area contributed by atoms with Gasteiger partial charge in [0.15, 0.2) is 0 Å². The van der Waals surface area contributed by atoms with Crippen LogP contribution in [0.1, 0.15) is 39.0 Å². The normalized spacial score (nSPS) is 15.5. The number of hydrogen-bond donors (Lipinski definition) is 1. The van der Waals surface area contributed by atoms with Crippen LogP contribution in [0.3, 0.4) is 0 Å². The number of rotatable bonds is 4. The van der Waals surface area contributed by atoms with Crippen molar-refractivity contribution in [1.29, 1.82) is 0 Å². The van der Waals surface area contributed by atoms with Crippen molar-refractivity contribution in [3.05, 3.63) is 18.3 Å². The summed E-state index contributed by atoms with van der Waals surface area (Å²) in [5, 5.41) is 2.80. The maximum atomic E-state index is 11.4. The summed E-state index contributed by atoms with van der Waals surface area (Å²) in [5.41, 5.74) is 1.16. The van der Waals surface area contributed by atoms with Crippen LogP contribution in [0.5, 0.6) is 0 Å². The third-order valence-corrected chi connectivity index (χ3v) is 3.21. The molecule has 1 N–H and O–H groups in total. The highest BCUT2D eigenvalue weighted by atomic mass is 16.1. The molecule has 0 bridgehead atoms. The molecule has 0 radical (unpaired) electrons. The van der Waals surface area contributed by atoms with E-state index in [1.807, 2.05) is 25.3 Å². The van der Waals surface area contributed by atoms with Gasteiger partial charge < -0.3 is 10.2 Å². The molecule has 1 aliphatic heterocycles. The molecule has 1 saturated heterocycles. The number of piperidine rings is 1. The molecule has 0 atom stereocenters. The van der Waals surface area contributed by atoms with Crippen molar-refractivity contribution in [1.82, 2.24) is 4.98 Å². The van der Waals surface area contributed by atoms with Crippen molar-refractivity contribution in [2.24, 2.45) is 0 Å². The number of nitrogens with zero attached hydrogens (tertiary/aromatic N) is 2. The maximum absolute atomic E-state index is 11.4. The van der Waals surface area contributed by atoms with E-state index in [9.17, 15) is 4.79 Å². The predicted molar refractivity (Wildman–Crippen MR) is 73.8 cm³/mol. The van der Waals surface area contributed by atoms with Gasteiger partial charge >= 0.3 is 0 Å². The van der Waals surface area contributed by atoms with Gasteiger partial charge in [0, 0.05) is 19.5 Å². The van der Waals surface area contributed by atoms with Crippen LogP contribution in [-0.2, 0) is 4.79 Å². The SMILES string of the molecule is CCCC(=O)Nc1ccc(N2CCCCC2)cn1. The maximum Gasteiger partial charge on any atom is 0.225 e.